The molecule has 1 heterocycles. The monoisotopic (exact) mass is 257 g/mol. The Bertz CT molecular complexity index is 533. The van der Waals surface area contributed by atoms with Crippen LogP contribution in [-0.2, 0) is 6.42 Å². The predicted octanol–water partition coefficient (Wildman–Crippen LogP) is 2.05. The molecule has 2 aromatic rings. The summed E-state index contributed by atoms with van der Waals surface area (Å²) in [5, 5.41) is 7.34. The molecule has 7 heteroatoms. The van der Waals surface area contributed by atoms with Crippen molar-refractivity contribution < 1.29 is 17.6 Å². The van der Waals surface area contributed by atoms with Crippen LogP contribution in [0, 0.1) is 17.5 Å². The lowest BCUT2D eigenvalue weighted by Crippen LogP contribution is -2.00. The maximum absolute atomic E-state index is 13.0. The van der Waals surface area contributed by atoms with Crippen LogP contribution >= 0.6 is 0 Å². The maximum atomic E-state index is 13.0. The number of nitrogens with zero attached hydrogens (tertiary/aromatic N) is 2. The van der Waals surface area contributed by atoms with Crippen molar-refractivity contribution in [3.05, 3.63) is 35.5 Å². The highest BCUT2D eigenvalue weighted by molar-refractivity contribution is 5.52. The summed E-state index contributed by atoms with van der Waals surface area (Å²) in [4.78, 5) is 0. The second-order valence-electron chi connectivity index (χ2n) is 3.65. The lowest BCUT2D eigenvalue weighted by molar-refractivity contribution is 0.446. The molecule has 0 saturated carbocycles. The Kier molecular flexibility index (Phi) is 3.61. The van der Waals surface area contributed by atoms with Crippen LogP contribution in [0.15, 0.2) is 16.5 Å². The molecule has 4 nitrogen and oxygen atoms in total. The molecule has 2 N–H and O–H groups in total. The fourth-order valence-corrected chi connectivity index (χ4v) is 1.40. The van der Waals surface area contributed by atoms with Gasteiger partial charge < -0.3 is 10.2 Å². The minimum absolute atomic E-state index is 0.00195. The van der Waals surface area contributed by atoms with E-state index in [-0.39, 0.29) is 11.5 Å². The number of rotatable bonds is 4. The van der Waals surface area contributed by atoms with Crippen molar-refractivity contribution in [3.63, 3.8) is 0 Å². The zero-order chi connectivity index (χ0) is 13.1. The summed E-state index contributed by atoms with van der Waals surface area (Å²) in [6.07, 6.45) is 1.14. The van der Waals surface area contributed by atoms with Crippen LogP contribution in [0.25, 0.3) is 11.5 Å². The van der Waals surface area contributed by atoms with Gasteiger partial charge in [-0.05, 0) is 25.1 Å². The van der Waals surface area contributed by atoms with E-state index in [4.69, 9.17) is 10.2 Å². The summed E-state index contributed by atoms with van der Waals surface area (Å²) in [5.41, 5.74) is 5.32. The number of hydrogen-bond acceptors (Lipinski definition) is 4. The summed E-state index contributed by atoms with van der Waals surface area (Å²) < 4.78 is 44.0. The van der Waals surface area contributed by atoms with Gasteiger partial charge in [0.05, 0.1) is 0 Å². The van der Waals surface area contributed by atoms with E-state index in [2.05, 4.69) is 10.2 Å². The van der Waals surface area contributed by atoms with Gasteiger partial charge in [0.25, 0.3) is 0 Å². The van der Waals surface area contributed by atoms with Crippen LogP contribution in [0.3, 0.4) is 0 Å². The molecular formula is C11H10F3N3O. The van der Waals surface area contributed by atoms with E-state index in [1.165, 1.54) is 0 Å². The molecule has 18 heavy (non-hydrogen) atoms. The molecule has 0 unspecified atom stereocenters. The number of aryl methyl sites for hydroxylation is 1. The van der Waals surface area contributed by atoms with Crippen LogP contribution < -0.4 is 5.73 Å². The molecule has 0 amide bonds. The Morgan fingerprint density at radius 1 is 1.11 bits per heavy atom. The lowest BCUT2D eigenvalue weighted by Gasteiger charge is -1.98. The molecule has 2 rings (SSSR count). The van der Waals surface area contributed by atoms with E-state index in [1.54, 1.807) is 0 Å². The summed E-state index contributed by atoms with van der Waals surface area (Å²) in [5.74, 6) is -3.86. The van der Waals surface area contributed by atoms with E-state index < -0.39 is 17.5 Å². The molecule has 0 radical (unpaired) electrons. The third-order valence-electron chi connectivity index (χ3n) is 2.29. The first-order valence-electron chi connectivity index (χ1n) is 5.29. The third-order valence-corrected chi connectivity index (χ3v) is 2.29. The molecule has 0 fully saturated rings. The highest BCUT2D eigenvalue weighted by Crippen LogP contribution is 2.22. The van der Waals surface area contributed by atoms with Crippen molar-refractivity contribution in [2.45, 2.75) is 12.8 Å². The zero-order valence-corrected chi connectivity index (χ0v) is 9.29. The first-order valence-corrected chi connectivity index (χ1v) is 5.29. The van der Waals surface area contributed by atoms with Crippen molar-refractivity contribution >= 4 is 0 Å². The highest BCUT2D eigenvalue weighted by atomic mass is 19.2. The van der Waals surface area contributed by atoms with Gasteiger partial charge in [-0.15, -0.1) is 10.2 Å². The van der Waals surface area contributed by atoms with Gasteiger partial charge in [-0.1, -0.05) is 0 Å². The van der Waals surface area contributed by atoms with Gasteiger partial charge in [0.2, 0.25) is 11.8 Å². The molecule has 0 bridgehead atoms. The molecule has 1 aromatic heterocycles. The van der Waals surface area contributed by atoms with Gasteiger partial charge in [0.15, 0.2) is 17.5 Å². The quantitative estimate of drug-likeness (QED) is 0.851. The summed E-state index contributed by atoms with van der Waals surface area (Å²) in [6, 6.07) is 1.61. The minimum atomic E-state index is -1.53. The average molecular weight is 257 g/mol. The Hall–Kier alpha value is -1.89. The number of nitrogens with two attached hydrogens (primary N) is 1. The molecule has 0 aliphatic rings. The van der Waals surface area contributed by atoms with Crippen molar-refractivity contribution in [3.8, 4) is 11.5 Å². The summed E-state index contributed by atoms with van der Waals surface area (Å²) in [6.45, 7) is 0.470. The Morgan fingerprint density at radius 2 is 1.78 bits per heavy atom. The van der Waals surface area contributed by atoms with Crippen molar-refractivity contribution in [2.75, 3.05) is 6.54 Å². The van der Waals surface area contributed by atoms with Crippen LogP contribution in [0.1, 0.15) is 12.3 Å². The SMILES string of the molecule is NCCCc1nnc(-c2cc(F)c(F)c(F)c2)o1. The predicted molar refractivity (Wildman–Crippen MR) is 57.0 cm³/mol. The zero-order valence-electron chi connectivity index (χ0n) is 9.29. The van der Waals surface area contributed by atoms with Crippen molar-refractivity contribution in [2.24, 2.45) is 5.73 Å². The number of benzene rings is 1. The smallest absolute Gasteiger partial charge is 0.247 e. The lowest BCUT2D eigenvalue weighted by atomic mass is 10.2. The van der Waals surface area contributed by atoms with E-state index in [9.17, 15) is 13.2 Å². The maximum Gasteiger partial charge on any atom is 0.247 e. The van der Waals surface area contributed by atoms with Gasteiger partial charge in [0.1, 0.15) is 0 Å². The van der Waals surface area contributed by atoms with Gasteiger partial charge >= 0.3 is 0 Å². The van der Waals surface area contributed by atoms with E-state index in [0.717, 1.165) is 12.1 Å². The Balaban J connectivity index is 2.28. The third kappa shape index (κ3) is 2.51. The first-order chi connectivity index (χ1) is 8.61. The topological polar surface area (TPSA) is 64.9 Å². The van der Waals surface area contributed by atoms with E-state index >= 15 is 0 Å². The second kappa shape index (κ2) is 5.18. The first kappa shape index (κ1) is 12.6. The molecule has 0 saturated heterocycles. The fourth-order valence-electron chi connectivity index (χ4n) is 1.40. The molecule has 1 aromatic carbocycles. The molecule has 0 aliphatic heterocycles. The minimum Gasteiger partial charge on any atom is -0.421 e. The Labute approximate surface area is 101 Å². The van der Waals surface area contributed by atoms with Gasteiger partial charge in [-0.3, -0.25) is 0 Å². The molecule has 0 atom stereocenters. The van der Waals surface area contributed by atoms with Crippen LogP contribution in [0.2, 0.25) is 0 Å². The molecule has 96 valence electrons. The molecule has 0 spiro atoms. The normalized spacial score (nSPS) is 10.9. The summed E-state index contributed by atoms with van der Waals surface area (Å²) >= 11 is 0. The fraction of sp³-hybridized carbons (Fsp3) is 0.273. The van der Waals surface area contributed by atoms with Gasteiger partial charge in [0, 0.05) is 12.0 Å². The highest BCUT2D eigenvalue weighted by Gasteiger charge is 2.15. The van der Waals surface area contributed by atoms with Crippen molar-refractivity contribution in [1.29, 1.82) is 0 Å². The largest absolute Gasteiger partial charge is 0.421 e. The van der Waals surface area contributed by atoms with Gasteiger partial charge in [-0.25, -0.2) is 13.2 Å². The van der Waals surface area contributed by atoms with Crippen LogP contribution in [-0.4, -0.2) is 16.7 Å². The number of aromatic nitrogens is 2. The van der Waals surface area contributed by atoms with E-state index in [1.807, 2.05) is 0 Å². The van der Waals surface area contributed by atoms with Gasteiger partial charge in [-0.2, -0.15) is 0 Å². The molecule has 0 aliphatic carbocycles. The molecular weight excluding hydrogens is 247 g/mol. The van der Waals surface area contributed by atoms with Crippen LogP contribution in [0.4, 0.5) is 13.2 Å². The van der Waals surface area contributed by atoms with E-state index in [0.29, 0.717) is 25.3 Å². The standard InChI is InChI=1S/C11H10F3N3O/c12-7-4-6(5-8(13)10(7)14)11-17-16-9(18-11)2-1-3-15/h4-5H,1-3,15H2. The van der Waals surface area contributed by atoms with Crippen molar-refractivity contribution in [1.82, 2.24) is 10.2 Å². The average Bonchev–Trinajstić information content (AvgIpc) is 2.81. The number of hydrogen-bond donors (Lipinski definition) is 1. The Morgan fingerprint density at radius 3 is 2.39 bits per heavy atom. The number of halogens is 3. The summed E-state index contributed by atoms with van der Waals surface area (Å²) in [7, 11) is 0. The van der Waals surface area contributed by atoms with Crippen LogP contribution in [0.5, 0.6) is 0 Å². The second-order valence-corrected chi connectivity index (χ2v) is 3.65.